The average Bonchev–Trinajstić information content (AvgIpc) is 2.68. The van der Waals surface area contributed by atoms with Crippen LogP contribution in [0.15, 0.2) is 48.7 Å². The number of pyridine rings is 1. The molecule has 0 saturated carbocycles. The molecule has 1 fully saturated rings. The Balaban J connectivity index is 1.56. The van der Waals surface area contributed by atoms with Crippen LogP contribution in [0, 0.1) is 0 Å². The molecule has 2 amide bonds. The van der Waals surface area contributed by atoms with Gasteiger partial charge in [-0.05, 0) is 37.1 Å². The van der Waals surface area contributed by atoms with E-state index >= 15 is 0 Å². The fourth-order valence-corrected chi connectivity index (χ4v) is 3.17. The topological polar surface area (TPSA) is 57.7 Å². The number of amides is 2. The van der Waals surface area contributed by atoms with Gasteiger partial charge in [-0.1, -0.05) is 18.2 Å². The second-order valence-electron chi connectivity index (χ2n) is 6.16. The average molecular weight is 340 g/mol. The van der Waals surface area contributed by atoms with Crippen molar-refractivity contribution in [1.82, 2.24) is 9.88 Å². The molecule has 6 heteroatoms. The van der Waals surface area contributed by atoms with E-state index in [1.54, 1.807) is 25.4 Å². The molecule has 0 atom stereocenters. The molecule has 0 bridgehead atoms. The largest absolute Gasteiger partial charge is 0.480 e. The van der Waals surface area contributed by atoms with Crippen molar-refractivity contribution in [2.75, 3.05) is 37.5 Å². The van der Waals surface area contributed by atoms with E-state index in [4.69, 9.17) is 4.74 Å². The number of anilines is 2. The van der Waals surface area contributed by atoms with Crippen molar-refractivity contribution in [3.05, 3.63) is 48.7 Å². The molecule has 1 saturated heterocycles. The maximum Gasteiger partial charge on any atom is 0.321 e. The Hall–Kier alpha value is -2.76. The van der Waals surface area contributed by atoms with Crippen LogP contribution in [0.1, 0.15) is 12.8 Å². The number of carbonyl (C=O) groups is 1. The van der Waals surface area contributed by atoms with Crippen LogP contribution in [0.4, 0.5) is 16.2 Å². The number of piperidine rings is 1. The van der Waals surface area contributed by atoms with Crippen molar-refractivity contribution in [2.45, 2.75) is 18.9 Å². The fraction of sp³-hybridized carbons (Fsp3) is 0.368. The van der Waals surface area contributed by atoms with E-state index in [0.29, 0.717) is 17.6 Å². The maximum absolute atomic E-state index is 12.5. The lowest BCUT2D eigenvalue weighted by Gasteiger charge is -2.37. The summed E-state index contributed by atoms with van der Waals surface area (Å²) in [5, 5.41) is 2.89. The van der Waals surface area contributed by atoms with Crippen LogP contribution in [0.25, 0.3) is 0 Å². The van der Waals surface area contributed by atoms with E-state index in [1.807, 2.05) is 11.0 Å². The van der Waals surface area contributed by atoms with E-state index in [2.05, 4.69) is 46.5 Å². The number of likely N-dealkylation sites (tertiary alicyclic amines) is 1. The lowest BCUT2D eigenvalue weighted by atomic mass is 10.0. The lowest BCUT2D eigenvalue weighted by molar-refractivity contribution is 0.194. The zero-order valence-electron chi connectivity index (χ0n) is 14.7. The number of hydrogen-bond donors (Lipinski definition) is 1. The van der Waals surface area contributed by atoms with E-state index in [-0.39, 0.29) is 6.03 Å². The molecule has 0 spiro atoms. The molecule has 25 heavy (non-hydrogen) atoms. The van der Waals surface area contributed by atoms with Crippen LogP contribution in [-0.4, -0.2) is 49.2 Å². The van der Waals surface area contributed by atoms with Crippen LogP contribution < -0.4 is 15.0 Å². The smallest absolute Gasteiger partial charge is 0.321 e. The van der Waals surface area contributed by atoms with Gasteiger partial charge in [0.2, 0.25) is 5.88 Å². The summed E-state index contributed by atoms with van der Waals surface area (Å²) in [6.45, 7) is 1.46. The number of benzene rings is 1. The van der Waals surface area contributed by atoms with Crippen LogP contribution in [0.2, 0.25) is 0 Å². The van der Waals surface area contributed by atoms with Crippen LogP contribution in [0.5, 0.6) is 5.88 Å². The Labute approximate surface area is 148 Å². The molecule has 132 valence electrons. The minimum atomic E-state index is -0.105. The Kier molecular flexibility index (Phi) is 5.38. The number of methoxy groups -OCH3 is 1. The molecule has 2 aromatic rings. The van der Waals surface area contributed by atoms with Gasteiger partial charge in [0.15, 0.2) is 0 Å². The van der Waals surface area contributed by atoms with Gasteiger partial charge in [0, 0.05) is 38.1 Å². The minimum absolute atomic E-state index is 0.105. The van der Waals surface area contributed by atoms with Gasteiger partial charge in [-0.15, -0.1) is 0 Å². The zero-order chi connectivity index (χ0) is 17.6. The maximum atomic E-state index is 12.5. The molecule has 1 aromatic heterocycles. The van der Waals surface area contributed by atoms with Crippen molar-refractivity contribution in [2.24, 2.45) is 0 Å². The third kappa shape index (κ3) is 4.02. The highest BCUT2D eigenvalue weighted by atomic mass is 16.5. The summed E-state index contributed by atoms with van der Waals surface area (Å²) in [5.74, 6) is 0.426. The third-order valence-corrected chi connectivity index (χ3v) is 4.67. The minimum Gasteiger partial charge on any atom is -0.480 e. The normalized spacial score (nSPS) is 14.9. The summed E-state index contributed by atoms with van der Waals surface area (Å²) in [6, 6.07) is 14.3. The third-order valence-electron chi connectivity index (χ3n) is 4.67. The van der Waals surface area contributed by atoms with Gasteiger partial charge < -0.3 is 19.9 Å². The molecule has 1 aliphatic heterocycles. The number of rotatable bonds is 4. The van der Waals surface area contributed by atoms with Gasteiger partial charge in [0.1, 0.15) is 5.69 Å². The predicted octanol–water partition coefficient (Wildman–Crippen LogP) is 3.22. The molecule has 1 N–H and O–H groups in total. The van der Waals surface area contributed by atoms with Gasteiger partial charge in [-0.25, -0.2) is 9.78 Å². The van der Waals surface area contributed by atoms with Crippen molar-refractivity contribution in [3.8, 4) is 5.88 Å². The number of ether oxygens (including phenoxy) is 1. The van der Waals surface area contributed by atoms with Crippen molar-refractivity contribution in [1.29, 1.82) is 0 Å². The Morgan fingerprint density at radius 1 is 1.20 bits per heavy atom. The first-order chi connectivity index (χ1) is 12.2. The molecule has 0 unspecified atom stereocenters. The molecule has 3 rings (SSSR count). The quantitative estimate of drug-likeness (QED) is 0.928. The van der Waals surface area contributed by atoms with Crippen LogP contribution in [0.3, 0.4) is 0 Å². The monoisotopic (exact) mass is 340 g/mol. The number of urea groups is 1. The van der Waals surface area contributed by atoms with Gasteiger partial charge in [0.05, 0.1) is 7.11 Å². The first-order valence-corrected chi connectivity index (χ1v) is 8.52. The summed E-state index contributed by atoms with van der Waals surface area (Å²) in [7, 11) is 3.67. The Morgan fingerprint density at radius 2 is 1.92 bits per heavy atom. The first-order valence-electron chi connectivity index (χ1n) is 8.52. The van der Waals surface area contributed by atoms with Crippen LogP contribution >= 0.6 is 0 Å². The van der Waals surface area contributed by atoms with Gasteiger partial charge >= 0.3 is 6.03 Å². The van der Waals surface area contributed by atoms with Gasteiger partial charge in [-0.2, -0.15) is 0 Å². The number of nitrogens with zero attached hydrogens (tertiary/aromatic N) is 3. The molecule has 1 aliphatic rings. The molecule has 0 aliphatic carbocycles. The summed E-state index contributed by atoms with van der Waals surface area (Å²) in [4.78, 5) is 20.8. The first kappa shape index (κ1) is 17.1. The standard InChI is InChI=1S/C19H24N4O2/c1-22(15-7-4-3-5-8-15)16-10-13-23(14-11-16)19(24)21-17-9-6-12-20-18(17)25-2/h3-9,12,16H,10-11,13-14H2,1-2H3,(H,21,24). The Morgan fingerprint density at radius 3 is 2.60 bits per heavy atom. The molecular formula is C19H24N4O2. The number of para-hydroxylation sites is 1. The van der Waals surface area contributed by atoms with E-state index < -0.39 is 0 Å². The van der Waals surface area contributed by atoms with Crippen molar-refractivity contribution >= 4 is 17.4 Å². The predicted molar refractivity (Wildman–Crippen MR) is 99.2 cm³/mol. The molecule has 6 nitrogen and oxygen atoms in total. The highest BCUT2D eigenvalue weighted by Crippen LogP contribution is 2.24. The number of nitrogens with one attached hydrogen (secondary N) is 1. The van der Waals surface area contributed by atoms with Gasteiger partial charge in [0.25, 0.3) is 0 Å². The molecule has 2 heterocycles. The second-order valence-corrected chi connectivity index (χ2v) is 6.16. The van der Waals surface area contributed by atoms with Crippen molar-refractivity contribution in [3.63, 3.8) is 0 Å². The highest BCUT2D eigenvalue weighted by molar-refractivity contribution is 5.90. The second kappa shape index (κ2) is 7.88. The molecule has 0 radical (unpaired) electrons. The summed E-state index contributed by atoms with van der Waals surface area (Å²) in [6.07, 6.45) is 3.53. The van der Waals surface area contributed by atoms with E-state index in [0.717, 1.165) is 25.9 Å². The summed E-state index contributed by atoms with van der Waals surface area (Å²) >= 11 is 0. The summed E-state index contributed by atoms with van der Waals surface area (Å²) in [5.41, 5.74) is 1.81. The zero-order valence-corrected chi connectivity index (χ0v) is 14.7. The van der Waals surface area contributed by atoms with E-state index in [1.165, 1.54) is 5.69 Å². The molecule has 1 aromatic carbocycles. The number of aromatic nitrogens is 1. The number of carbonyl (C=O) groups excluding carboxylic acids is 1. The SMILES string of the molecule is COc1ncccc1NC(=O)N1CCC(N(C)c2ccccc2)CC1. The lowest BCUT2D eigenvalue weighted by Crippen LogP contribution is -2.47. The fourth-order valence-electron chi connectivity index (χ4n) is 3.17. The van der Waals surface area contributed by atoms with E-state index in [9.17, 15) is 4.79 Å². The number of hydrogen-bond acceptors (Lipinski definition) is 4. The summed E-state index contributed by atoms with van der Waals surface area (Å²) < 4.78 is 5.18. The highest BCUT2D eigenvalue weighted by Gasteiger charge is 2.26. The van der Waals surface area contributed by atoms with Crippen LogP contribution in [-0.2, 0) is 0 Å². The molecular weight excluding hydrogens is 316 g/mol. The van der Waals surface area contributed by atoms with Gasteiger partial charge in [-0.3, -0.25) is 0 Å². The Bertz CT molecular complexity index is 700. The van der Waals surface area contributed by atoms with Crippen molar-refractivity contribution < 1.29 is 9.53 Å².